The van der Waals surface area contributed by atoms with Gasteiger partial charge < -0.3 is 14.7 Å². The fourth-order valence-corrected chi connectivity index (χ4v) is 2.56. The van der Waals surface area contributed by atoms with E-state index in [1.54, 1.807) is 7.11 Å². The molecule has 1 aliphatic carbocycles. The lowest BCUT2D eigenvalue weighted by Gasteiger charge is -2.33. The van der Waals surface area contributed by atoms with Crippen LogP contribution in [0.5, 0.6) is 0 Å². The number of rotatable bonds is 5. The predicted octanol–water partition coefficient (Wildman–Crippen LogP) is 1.12. The molecular weight excluding hydrogens is 190 g/mol. The van der Waals surface area contributed by atoms with Crippen molar-refractivity contribution in [2.24, 2.45) is 11.3 Å². The molecule has 0 atom stereocenters. The van der Waals surface area contributed by atoms with Crippen LogP contribution in [0, 0.1) is 11.3 Å². The molecule has 3 nitrogen and oxygen atoms in total. The maximum Gasteiger partial charge on any atom is 0.0499 e. The van der Waals surface area contributed by atoms with Gasteiger partial charge in [0.2, 0.25) is 0 Å². The summed E-state index contributed by atoms with van der Waals surface area (Å²) in [5, 5.41) is 9.28. The number of methoxy groups -OCH3 is 1. The molecule has 15 heavy (non-hydrogen) atoms. The maximum atomic E-state index is 9.28. The van der Waals surface area contributed by atoms with Crippen molar-refractivity contribution in [3.63, 3.8) is 0 Å². The van der Waals surface area contributed by atoms with E-state index in [0.29, 0.717) is 6.61 Å². The third-order valence-electron chi connectivity index (χ3n) is 3.96. The van der Waals surface area contributed by atoms with E-state index in [1.807, 2.05) is 0 Å². The SMILES string of the molecule is COCC1CCN(CC2(CO)CC2)CC1. The number of piperidine rings is 1. The van der Waals surface area contributed by atoms with E-state index in [2.05, 4.69) is 4.90 Å². The number of aliphatic hydroxyl groups is 1. The summed E-state index contributed by atoms with van der Waals surface area (Å²) >= 11 is 0. The Kier molecular flexibility index (Phi) is 3.65. The van der Waals surface area contributed by atoms with Gasteiger partial charge in [-0.25, -0.2) is 0 Å². The van der Waals surface area contributed by atoms with Gasteiger partial charge in [-0.1, -0.05) is 0 Å². The van der Waals surface area contributed by atoms with Crippen molar-refractivity contribution in [2.75, 3.05) is 40.0 Å². The largest absolute Gasteiger partial charge is 0.396 e. The first-order chi connectivity index (χ1) is 7.28. The monoisotopic (exact) mass is 213 g/mol. The molecule has 2 aliphatic rings. The van der Waals surface area contributed by atoms with Crippen LogP contribution in [0.15, 0.2) is 0 Å². The van der Waals surface area contributed by atoms with E-state index in [9.17, 15) is 5.11 Å². The number of ether oxygens (including phenoxy) is 1. The van der Waals surface area contributed by atoms with E-state index in [4.69, 9.17) is 4.74 Å². The Morgan fingerprint density at radius 3 is 2.47 bits per heavy atom. The fraction of sp³-hybridized carbons (Fsp3) is 1.00. The van der Waals surface area contributed by atoms with Crippen LogP contribution >= 0.6 is 0 Å². The highest BCUT2D eigenvalue weighted by Gasteiger charge is 2.43. The van der Waals surface area contributed by atoms with Crippen LogP contribution in [0.4, 0.5) is 0 Å². The molecule has 0 unspecified atom stereocenters. The second-order valence-corrected chi connectivity index (χ2v) is 5.33. The van der Waals surface area contributed by atoms with E-state index in [0.717, 1.165) is 19.1 Å². The lowest BCUT2D eigenvalue weighted by atomic mass is 9.96. The van der Waals surface area contributed by atoms with Crippen molar-refractivity contribution >= 4 is 0 Å². The van der Waals surface area contributed by atoms with Crippen LogP contribution in [-0.2, 0) is 4.74 Å². The molecule has 3 heteroatoms. The normalized spacial score (nSPS) is 26.8. The highest BCUT2D eigenvalue weighted by molar-refractivity contribution is 4.95. The van der Waals surface area contributed by atoms with Gasteiger partial charge in [0.05, 0.1) is 0 Å². The molecular formula is C12H23NO2. The van der Waals surface area contributed by atoms with Crippen molar-refractivity contribution in [3.05, 3.63) is 0 Å². The number of aliphatic hydroxyl groups excluding tert-OH is 1. The molecule has 2 fully saturated rings. The van der Waals surface area contributed by atoms with Crippen LogP contribution in [0.25, 0.3) is 0 Å². The highest BCUT2D eigenvalue weighted by Crippen LogP contribution is 2.46. The molecule has 0 aromatic rings. The van der Waals surface area contributed by atoms with E-state index in [-0.39, 0.29) is 5.41 Å². The van der Waals surface area contributed by atoms with Crippen molar-refractivity contribution in [2.45, 2.75) is 25.7 Å². The Labute approximate surface area is 92.4 Å². The predicted molar refractivity (Wildman–Crippen MR) is 59.8 cm³/mol. The molecule has 0 aromatic heterocycles. The Balaban J connectivity index is 1.69. The number of hydrogen-bond donors (Lipinski definition) is 1. The molecule has 1 aliphatic heterocycles. The van der Waals surface area contributed by atoms with Crippen molar-refractivity contribution < 1.29 is 9.84 Å². The molecule has 0 aromatic carbocycles. The van der Waals surface area contributed by atoms with Gasteiger partial charge in [-0.3, -0.25) is 0 Å². The molecule has 1 N–H and O–H groups in total. The average Bonchev–Trinajstić information content (AvgIpc) is 3.02. The summed E-state index contributed by atoms with van der Waals surface area (Å²) < 4.78 is 5.19. The van der Waals surface area contributed by atoms with Crippen molar-refractivity contribution in [3.8, 4) is 0 Å². The van der Waals surface area contributed by atoms with Gasteiger partial charge in [0, 0.05) is 32.3 Å². The van der Waals surface area contributed by atoms with Gasteiger partial charge in [-0.2, -0.15) is 0 Å². The van der Waals surface area contributed by atoms with Crippen molar-refractivity contribution in [1.29, 1.82) is 0 Å². The van der Waals surface area contributed by atoms with E-state index in [1.165, 1.54) is 38.8 Å². The summed E-state index contributed by atoms with van der Waals surface area (Å²) in [6.07, 6.45) is 4.97. The zero-order chi connectivity index (χ0) is 10.7. The Bertz CT molecular complexity index is 196. The second-order valence-electron chi connectivity index (χ2n) is 5.33. The maximum absolute atomic E-state index is 9.28. The third-order valence-corrected chi connectivity index (χ3v) is 3.96. The minimum atomic E-state index is 0.286. The summed E-state index contributed by atoms with van der Waals surface area (Å²) in [5.41, 5.74) is 0.286. The fourth-order valence-electron chi connectivity index (χ4n) is 2.56. The molecule has 1 saturated heterocycles. The van der Waals surface area contributed by atoms with Gasteiger partial charge in [-0.05, 0) is 44.7 Å². The van der Waals surface area contributed by atoms with Crippen LogP contribution < -0.4 is 0 Å². The highest BCUT2D eigenvalue weighted by atomic mass is 16.5. The Morgan fingerprint density at radius 2 is 2.00 bits per heavy atom. The lowest BCUT2D eigenvalue weighted by molar-refractivity contribution is 0.0795. The second kappa shape index (κ2) is 4.81. The summed E-state index contributed by atoms with van der Waals surface area (Å²) in [6.45, 7) is 4.79. The van der Waals surface area contributed by atoms with Gasteiger partial charge in [-0.15, -0.1) is 0 Å². The summed E-state index contributed by atoms with van der Waals surface area (Å²) in [5.74, 6) is 0.760. The van der Waals surface area contributed by atoms with Gasteiger partial charge in [0.15, 0.2) is 0 Å². The van der Waals surface area contributed by atoms with Gasteiger partial charge in [0.25, 0.3) is 0 Å². The molecule has 1 heterocycles. The number of likely N-dealkylation sites (tertiary alicyclic amines) is 1. The Hall–Kier alpha value is -0.120. The molecule has 0 radical (unpaired) electrons. The van der Waals surface area contributed by atoms with Crippen LogP contribution in [0.2, 0.25) is 0 Å². The van der Waals surface area contributed by atoms with Crippen molar-refractivity contribution in [1.82, 2.24) is 4.90 Å². The first kappa shape index (κ1) is 11.4. The molecule has 1 saturated carbocycles. The summed E-state index contributed by atoms with van der Waals surface area (Å²) in [7, 11) is 1.79. The van der Waals surface area contributed by atoms with Crippen LogP contribution in [0.1, 0.15) is 25.7 Å². The first-order valence-corrected chi connectivity index (χ1v) is 6.10. The molecule has 2 rings (SSSR count). The average molecular weight is 213 g/mol. The summed E-state index contributed by atoms with van der Waals surface area (Å²) in [6, 6.07) is 0. The minimum Gasteiger partial charge on any atom is -0.396 e. The van der Waals surface area contributed by atoms with Gasteiger partial charge in [0.1, 0.15) is 0 Å². The number of hydrogen-bond acceptors (Lipinski definition) is 3. The zero-order valence-corrected chi connectivity index (χ0v) is 9.74. The van der Waals surface area contributed by atoms with Gasteiger partial charge >= 0.3 is 0 Å². The molecule has 0 bridgehead atoms. The quantitative estimate of drug-likeness (QED) is 0.743. The zero-order valence-electron chi connectivity index (χ0n) is 9.74. The van der Waals surface area contributed by atoms with Crippen LogP contribution in [-0.4, -0.2) is 50.0 Å². The lowest BCUT2D eigenvalue weighted by Crippen LogP contribution is -2.39. The third kappa shape index (κ3) is 2.92. The first-order valence-electron chi connectivity index (χ1n) is 6.10. The Morgan fingerprint density at radius 1 is 1.33 bits per heavy atom. The number of nitrogens with zero attached hydrogens (tertiary/aromatic N) is 1. The molecule has 0 spiro atoms. The topological polar surface area (TPSA) is 32.7 Å². The van der Waals surface area contributed by atoms with E-state index >= 15 is 0 Å². The smallest absolute Gasteiger partial charge is 0.0499 e. The summed E-state index contributed by atoms with van der Waals surface area (Å²) in [4.78, 5) is 2.52. The minimum absolute atomic E-state index is 0.286. The standard InChI is InChI=1S/C12H23NO2/c1-15-8-11-2-6-13(7-3-11)9-12(10-14)4-5-12/h11,14H,2-10H2,1H3. The molecule has 88 valence electrons. The van der Waals surface area contributed by atoms with Crippen LogP contribution in [0.3, 0.4) is 0 Å². The van der Waals surface area contributed by atoms with E-state index < -0.39 is 0 Å². The molecule has 0 amide bonds.